The highest BCUT2D eigenvalue weighted by atomic mass is 16.6. The van der Waals surface area contributed by atoms with Crippen LogP contribution in [0.4, 0.5) is 11.4 Å². The van der Waals surface area contributed by atoms with E-state index in [2.05, 4.69) is 5.32 Å². The summed E-state index contributed by atoms with van der Waals surface area (Å²) in [4.78, 5) is 10.1. The Morgan fingerprint density at radius 2 is 2.15 bits per heavy atom. The molecule has 6 nitrogen and oxygen atoms in total. The van der Waals surface area contributed by atoms with E-state index in [1.165, 1.54) is 18.2 Å². The van der Waals surface area contributed by atoms with Gasteiger partial charge in [-0.25, -0.2) is 0 Å². The largest absolute Gasteiger partial charge is 0.391 e. The topological polar surface area (TPSA) is 99.2 Å². The molecule has 0 spiro atoms. The Hall–Kier alpha value is -2.13. The lowest BCUT2D eigenvalue weighted by atomic mass is 9.89. The molecule has 2 N–H and O–H groups in total. The van der Waals surface area contributed by atoms with Crippen molar-refractivity contribution < 1.29 is 10.0 Å². The average Bonchev–Trinajstić information content (AvgIpc) is 2.33. The van der Waals surface area contributed by atoms with Gasteiger partial charge in [0.15, 0.2) is 0 Å². The minimum Gasteiger partial charge on any atom is -0.391 e. The number of aliphatic hydroxyl groups is 1. The van der Waals surface area contributed by atoms with Crippen molar-refractivity contribution in [3.8, 4) is 6.07 Å². The lowest BCUT2D eigenvalue weighted by Crippen LogP contribution is -2.25. The van der Waals surface area contributed by atoms with Gasteiger partial charge < -0.3 is 10.4 Å². The molecule has 0 aliphatic carbocycles. The first-order valence-electron chi connectivity index (χ1n) is 6.33. The molecule has 6 heteroatoms. The van der Waals surface area contributed by atoms with Crippen molar-refractivity contribution in [3.05, 3.63) is 33.9 Å². The van der Waals surface area contributed by atoms with Crippen molar-refractivity contribution in [2.24, 2.45) is 5.41 Å². The van der Waals surface area contributed by atoms with Crippen molar-refractivity contribution >= 4 is 11.4 Å². The molecule has 1 atom stereocenters. The van der Waals surface area contributed by atoms with Gasteiger partial charge in [0, 0.05) is 18.3 Å². The second-order valence-electron chi connectivity index (χ2n) is 5.90. The number of nitriles is 1. The van der Waals surface area contributed by atoms with Crippen LogP contribution in [0.1, 0.15) is 32.8 Å². The van der Waals surface area contributed by atoms with Gasteiger partial charge in [-0.3, -0.25) is 10.1 Å². The number of benzene rings is 1. The molecule has 1 aromatic carbocycles. The van der Waals surface area contributed by atoms with E-state index >= 15 is 0 Å². The van der Waals surface area contributed by atoms with Crippen LogP contribution in [0, 0.1) is 26.9 Å². The first kappa shape index (κ1) is 15.9. The summed E-state index contributed by atoms with van der Waals surface area (Å²) in [5, 5.41) is 32.5. The predicted octanol–water partition coefficient (Wildman–Crippen LogP) is 2.68. The molecule has 0 aromatic heterocycles. The number of nitro groups is 1. The minimum absolute atomic E-state index is 0.00492. The number of anilines is 1. The second kappa shape index (κ2) is 6.35. The Kier molecular flexibility index (Phi) is 5.06. The number of rotatable bonds is 5. The fourth-order valence-electron chi connectivity index (χ4n) is 1.91. The summed E-state index contributed by atoms with van der Waals surface area (Å²) in [7, 11) is 0. The lowest BCUT2D eigenvalue weighted by Gasteiger charge is -2.22. The minimum atomic E-state index is -0.587. The van der Waals surface area contributed by atoms with Gasteiger partial charge >= 0.3 is 0 Å². The summed E-state index contributed by atoms with van der Waals surface area (Å²) in [6, 6.07) is 6.04. The molecule has 0 amide bonds. The van der Waals surface area contributed by atoms with Crippen LogP contribution in [0.15, 0.2) is 18.2 Å². The van der Waals surface area contributed by atoms with Gasteiger partial charge in [0.05, 0.1) is 11.0 Å². The van der Waals surface area contributed by atoms with Gasteiger partial charge in [0.25, 0.3) is 5.69 Å². The van der Waals surface area contributed by atoms with E-state index in [1.54, 1.807) is 6.07 Å². The highest BCUT2D eigenvalue weighted by molar-refractivity contribution is 5.58. The Balaban J connectivity index is 2.71. The number of hydrogen-bond acceptors (Lipinski definition) is 5. The molecule has 108 valence electrons. The SMILES string of the molecule is CC(C)(C)C[C@@H](O)CNc1ccc([N+](=O)[O-])c(C#N)c1. The molecular weight excluding hydrogens is 258 g/mol. The molecule has 0 aliphatic heterocycles. The molecule has 0 bridgehead atoms. The van der Waals surface area contributed by atoms with Crippen LogP contribution in [0.2, 0.25) is 0 Å². The molecule has 0 heterocycles. The highest BCUT2D eigenvalue weighted by Crippen LogP contribution is 2.23. The fraction of sp³-hybridized carbons (Fsp3) is 0.500. The zero-order valence-electron chi connectivity index (χ0n) is 11.9. The predicted molar refractivity (Wildman–Crippen MR) is 76.4 cm³/mol. The van der Waals surface area contributed by atoms with Crippen LogP contribution in [0.25, 0.3) is 0 Å². The smallest absolute Gasteiger partial charge is 0.287 e. The van der Waals surface area contributed by atoms with Gasteiger partial charge in [0.1, 0.15) is 11.6 Å². The monoisotopic (exact) mass is 277 g/mol. The van der Waals surface area contributed by atoms with Crippen molar-refractivity contribution in [1.29, 1.82) is 5.26 Å². The summed E-state index contributed by atoms with van der Waals surface area (Å²) in [6.07, 6.45) is 0.119. The number of nitro benzene ring substituents is 1. The zero-order chi connectivity index (χ0) is 15.3. The van der Waals surface area contributed by atoms with E-state index in [0.717, 1.165) is 0 Å². The van der Waals surface area contributed by atoms with Crippen LogP contribution in [0.3, 0.4) is 0 Å². The number of aliphatic hydroxyl groups excluding tert-OH is 1. The molecule has 20 heavy (non-hydrogen) atoms. The van der Waals surface area contributed by atoms with Crippen molar-refractivity contribution in [2.45, 2.75) is 33.3 Å². The van der Waals surface area contributed by atoms with Crippen LogP contribution < -0.4 is 5.32 Å². The third-order valence-corrected chi connectivity index (χ3v) is 2.70. The zero-order valence-corrected chi connectivity index (χ0v) is 11.9. The third kappa shape index (κ3) is 4.86. The molecule has 0 fully saturated rings. The Morgan fingerprint density at radius 3 is 2.65 bits per heavy atom. The van der Waals surface area contributed by atoms with E-state index in [-0.39, 0.29) is 16.7 Å². The van der Waals surface area contributed by atoms with Gasteiger partial charge in [0.2, 0.25) is 0 Å². The number of hydrogen-bond donors (Lipinski definition) is 2. The molecule has 0 aliphatic rings. The van der Waals surface area contributed by atoms with Crippen LogP contribution in [-0.4, -0.2) is 22.7 Å². The Bertz CT molecular complexity index is 529. The summed E-state index contributed by atoms with van der Waals surface area (Å²) in [5.74, 6) is 0. The van der Waals surface area contributed by atoms with Crippen molar-refractivity contribution in [1.82, 2.24) is 0 Å². The first-order valence-corrected chi connectivity index (χ1v) is 6.33. The summed E-state index contributed by atoms with van der Waals surface area (Å²) in [5.41, 5.74) is 0.396. The van der Waals surface area contributed by atoms with Gasteiger partial charge in [-0.2, -0.15) is 5.26 Å². The third-order valence-electron chi connectivity index (χ3n) is 2.70. The first-order chi connectivity index (χ1) is 9.23. The Labute approximate surface area is 118 Å². The van der Waals surface area contributed by atoms with Crippen LogP contribution in [0.5, 0.6) is 0 Å². The van der Waals surface area contributed by atoms with E-state index < -0.39 is 11.0 Å². The number of nitrogens with one attached hydrogen (secondary N) is 1. The molecule has 1 rings (SSSR count). The van der Waals surface area contributed by atoms with Gasteiger partial charge in [-0.15, -0.1) is 0 Å². The molecule has 1 aromatic rings. The summed E-state index contributed by atoms with van der Waals surface area (Å²) >= 11 is 0. The molecule has 0 saturated carbocycles. The summed E-state index contributed by atoms with van der Waals surface area (Å²) < 4.78 is 0. The molecule has 0 saturated heterocycles. The molecular formula is C14H19N3O3. The number of nitrogens with zero attached hydrogens (tertiary/aromatic N) is 2. The maximum Gasteiger partial charge on any atom is 0.287 e. The van der Waals surface area contributed by atoms with Crippen LogP contribution in [-0.2, 0) is 0 Å². The maximum atomic E-state index is 10.7. The Morgan fingerprint density at radius 1 is 1.50 bits per heavy atom. The van der Waals surface area contributed by atoms with Crippen molar-refractivity contribution in [2.75, 3.05) is 11.9 Å². The highest BCUT2D eigenvalue weighted by Gasteiger charge is 2.17. The van der Waals surface area contributed by atoms with Gasteiger partial charge in [-0.1, -0.05) is 20.8 Å². The second-order valence-corrected chi connectivity index (χ2v) is 5.90. The van der Waals surface area contributed by atoms with Crippen LogP contribution >= 0.6 is 0 Å². The molecule has 0 radical (unpaired) electrons. The van der Waals surface area contributed by atoms with E-state index in [0.29, 0.717) is 18.7 Å². The maximum absolute atomic E-state index is 10.7. The standard InChI is InChI=1S/C14H19N3O3/c1-14(2,3)7-12(18)9-16-11-4-5-13(17(19)20)10(6-11)8-15/h4-6,12,16,18H,7,9H2,1-3H3/t12-/m1/s1. The van der Waals surface area contributed by atoms with E-state index in [4.69, 9.17) is 5.26 Å². The van der Waals surface area contributed by atoms with E-state index in [9.17, 15) is 15.2 Å². The summed E-state index contributed by atoms with van der Waals surface area (Å²) in [6.45, 7) is 6.45. The van der Waals surface area contributed by atoms with Crippen molar-refractivity contribution in [3.63, 3.8) is 0 Å². The average molecular weight is 277 g/mol. The quantitative estimate of drug-likeness (QED) is 0.636. The lowest BCUT2D eigenvalue weighted by molar-refractivity contribution is -0.385. The van der Waals surface area contributed by atoms with Gasteiger partial charge in [-0.05, 0) is 24.0 Å². The fourth-order valence-corrected chi connectivity index (χ4v) is 1.91. The van der Waals surface area contributed by atoms with E-state index in [1.807, 2.05) is 20.8 Å². The normalized spacial score (nSPS) is 12.6. The molecule has 0 unspecified atom stereocenters.